The summed E-state index contributed by atoms with van der Waals surface area (Å²) >= 11 is 4.30. The third-order valence-electron chi connectivity index (χ3n) is 1.91. The Labute approximate surface area is 97.8 Å². The standard InChI is InChI=1S/C8H13N2O4PS/c1-3-6-9-7(14-15(12,13)16)5-8(11)10(6)4-2/h5H,3-4H2,1-2H3,(H2,12,13,16). The lowest BCUT2D eigenvalue weighted by Crippen LogP contribution is -2.23. The van der Waals surface area contributed by atoms with Crippen LogP contribution in [0.3, 0.4) is 0 Å². The van der Waals surface area contributed by atoms with Crippen LogP contribution in [0.1, 0.15) is 19.7 Å². The minimum atomic E-state index is -3.84. The van der Waals surface area contributed by atoms with Gasteiger partial charge in [0.1, 0.15) is 5.82 Å². The molecule has 1 heterocycles. The molecule has 1 aromatic rings. The molecular weight excluding hydrogens is 251 g/mol. The lowest BCUT2D eigenvalue weighted by atomic mass is 10.4. The molecule has 0 unspecified atom stereocenters. The first-order valence-corrected chi connectivity index (χ1v) is 7.35. The molecule has 0 atom stereocenters. The molecule has 16 heavy (non-hydrogen) atoms. The van der Waals surface area contributed by atoms with Gasteiger partial charge in [0.2, 0.25) is 5.88 Å². The fraction of sp³-hybridized carbons (Fsp3) is 0.500. The lowest BCUT2D eigenvalue weighted by molar-refractivity contribution is 0.362. The lowest BCUT2D eigenvalue weighted by Gasteiger charge is -2.12. The van der Waals surface area contributed by atoms with E-state index in [1.54, 1.807) is 0 Å². The Morgan fingerprint density at radius 3 is 2.62 bits per heavy atom. The Bertz CT molecular complexity index is 481. The Morgan fingerprint density at radius 2 is 2.19 bits per heavy atom. The van der Waals surface area contributed by atoms with E-state index in [4.69, 9.17) is 9.79 Å². The van der Waals surface area contributed by atoms with Gasteiger partial charge in [-0.05, 0) is 6.92 Å². The van der Waals surface area contributed by atoms with Gasteiger partial charge in [-0.2, -0.15) is 4.98 Å². The molecule has 2 N–H and O–H groups in total. The molecule has 0 radical (unpaired) electrons. The molecule has 0 amide bonds. The average molecular weight is 264 g/mol. The quantitative estimate of drug-likeness (QED) is 0.766. The van der Waals surface area contributed by atoms with Gasteiger partial charge in [0.15, 0.2) is 0 Å². The van der Waals surface area contributed by atoms with E-state index < -0.39 is 6.72 Å². The predicted molar refractivity (Wildman–Crippen MR) is 62.9 cm³/mol. The molecule has 0 bridgehead atoms. The minimum absolute atomic E-state index is 0.139. The third-order valence-corrected chi connectivity index (χ3v) is 2.56. The first-order chi connectivity index (χ1) is 7.37. The van der Waals surface area contributed by atoms with Crippen LogP contribution >= 0.6 is 6.72 Å². The summed E-state index contributed by atoms with van der Waals surface area (Å²) in [5, 5.41) is 0. The predicted octanol–water partition coefficient (Wildman–Crippen LogP) is 0.413. The molecule has 0 saturated heterocycles. The second-order valence-electron chi connectivity index (χ2n) is 3.03. The van der Waals surface area contributed by atoms with Gasteiger partial charge in [-0.25, -0.2) is 0 Å². The third kappa shape index (κ3) is 3.38. The Balaban J connectivity index is 3.21. The molecule has 0 saturated carbocycles. The van der Waals surface area contributed by atoms with Gasteiger partial charge >= 0.3 is 6.72 Å². The maximum absolute atomic E-state index is 11.6. The molecule has 0 aliphatic carbocycles. The van der Waals surface area contributed by atoms with Gasteiger partial charge in [-0.1, -0.05) is 6.92 Å². The van der Waals surface area contributed by atoms with Gasteiger partial charge in [-0.15, -0.1) is 0 Å². The van der Waals surface area contributed by atoms with E-state index in [1.165, 1.54) is 4.57 Å². The van der Waals surface area contributed by atoms with Crippen molar-refractivity contribution in [2.75, 3.05) is 0 Å². The zero-order chi connectivity index (χ0) is 12.3. The molecule has 0 spiro atoms. The van der Waals surface area contributed by atoms with Crippen LogP contribution in [0.25, 0.3) is 0 Å². The van der Waals surface area contributed by atoms with E-state index >= 15 is 0 Å². The molecule has 1 aromatic heterocycles. The molecule has 0 aromatic carbocycles. The number of hydrogen-bond donors (Lipinski definition) is 2. The number of aromatic nitrogens is 2. The molecule has 8 heteroatoms. The Hall–Kier alpha value is -0.750. The smallest absolute Gasteiger partial charge is 0.376 e. The molecule has 1 rings (SSSR count). The summed E-state index contributed by atoms with van der Waals surface area (Å²) in [6.07, 6.45) is 0.542. The maximum Gasteiger partial charge on any atom is 0.376 e. The normalized spacial score (nSPS) is 11.5. The van der Waals surface area contributed by atoms with Crippen LogP contribution in [0.4, 0.5) is 0 Å². The van der Waals surface area contributed by atoms with Crippen molar-refractivity contribution < 1.29 is 14.3 Å². The van der Waals surface area contributed by atoms with Crippen LogP contribution in [0, 0.1) is 0 Å². The molecule has 90 valence electrons. The number of nitrogens with zero attached hydrogens (tertiary/aromatic N) is 2. The molecule has 0 fully saturated rings. The molecule has 0 aliphatic heterocycles. The van der Waals surface area contributed by atoms with Crippen molar-refractivity contribution >= 4 is 18.5 Å². The number of rotatable bonds is 4. The molecular formula is C8H13N2O4PS. The van der Waals surface area contributed by atoms with Crippen molar-refractivity contribution in [3.63, 3.8) is 0 Å². The second-order valence-corrected chi connectivity index (χ2v) is 5.62. The monoisotopic (exact) mass is 264 g/mol. The average Bonchev–Trinajstić information content (AvgIpc) is 2.14. The molecule has 6 nitrogen and oxygen atoms in total. The van der Waals surface area contributed by atoms with Gasteiger partial charge in [-0.3, -0.25) is 9.36 Å². The highest BCUT2D eigenvalue weighted by atomic mass is 32.5. The van der Waals surface area contributed by atoms with Crippen LogP contribution in [0.5, 0.6) is 5.88 Å². The Kier molecular flexibility index (Phi) is 4.21. The number of aryl methyl sites for hydroxylation is 1. The Morgan fingerprint density at radius 1 is 1.56 bits per heavy atom. The first-order valence-electron chi connectivity index (χ1n) is 4.73. The van der Waals surface area contributed by atoms with Crippen LogP contribution in [0.15, 0.2) is 10.9 Å². The van der Waals surface area contributed by atoms with Gasteiger partial charge in [0.25, 0.3) is 5.56 Å². The minimum Gasteiger partial charge on any atom is -0.406 e. The largest absolute Gasteiger partial charge is 0.406 e. The number of hydrogen-bond acceptors (Lipinski definition) is 4. The highest BCUT2D eigenvalue weighted by Crippen LogP contribution is 2.36. The van der Waals surface area contributed by atoms with Crippen molar-refractivity contribution in [1.29, 1.82) is 0 Å². The van der Waals surface area contributed by atoms with E-state index in [9.17, 15) is 4.79 Å². The summed E-state index contributed by atoms with van der Waals surface area (Å²) in [5.41, 5.74) is -0.298. The summed E-state index contributed by atoms with van der Waals surface area (Å²) in [6.45, 7) is 0.327. The molecule has 0 aliphatic rings. The fourth-order valence-corrected chi connectivity index (χ4v) is 1.87. The van der Waals surface area contributed by atoms with Crippen LogP contribution in [-0.2, 0) is 24.8 Å². The SMILES string of the molecule is CCc1nc(OP(O)(O)=S)cc(=O)n1CC. The van der Waals surface area contributed by atoms with Crippen molar-refractivity contribution in [3.05, 3.63) is 22.2 Å². The zero-order valence-corrected chi connectivity index (χ0v) is 10.7. The van der Waals surface area contributed by atoms with Crippen molar-refractivity contribution in [2.45, 2.75) is 26.8 Å². The van der Waals surface area contributed by atoms with E-state index in [-0.39, 0.29) is 11.4 Å². The highest BCUT2D eigenvalue weighted by Gasteiger charge is 2.14. The summed E-state index contributed by atoms with van der Waals surface area (Å²) in [4.78, 5) is 33.5. The summed E-state index contributed by atoms with van der Waals surface area (Å²) < 4.78 is 6.11. The van der Waals surface area contributed by atoms with Crippen LogP contribution < -0.4 is 10.1 Å². The zero-order valence-electron chi connectivity index (χ0n) is 8.95. The second kappa shape index (κ2) is 5.05. The first kappa shape index (κ1) is 13.3. The van der Waals surface area contributed by atoms with Gasteiger partial charge in [0.05, 0.1) is 6.07 Å². The maximum atomic E-state index is 11.6. The van der Waals surface area contributed by atoms with Gasteiger partial charge in [0, 0.05) is 24.8 Å². The van der Waals surface area contributed by atoms with Crippen LogP contribution in [-0.4, -0.2) is 19.3 Å². The van der Waals surface area contributed by atoms with E-state index in [0.29, 0.717) is 18.8 Å². The summed E-state index contributed by atoms with van der Waals surface area (Å²) in [6, 6.07) is 1.09. The van der Waals surface area contributed by atoms with Crippen molar-refractivity contribution in [1.82, 2.24) is 9.55 Å². The summed E-state index contributed by atoms with van der Waals surface area (Å²) in [7, 11) is 0. The van der Waals surface area contributed by atoms with E-state index in [1.807, 2.05) is 13.8 Å². The highest BCUT2D eigenvalue weighted by molar-refractivity contribution is 8.06. The topological polar surface area (TPSA) is 84.6 Å². The summed E-state index contributed by atoms with van der Waals surface area (Å²) in [5.74, 6) is 0.383. The van der Waals surface area contributed by atoms with Crippen LogP contribution in [0.2, 0.25) is 0 Å². The van der Waals surface area contributed by atoms with E-state index in [0.717, 1.165) is 6.07 Å². The fourth-order valence-electron chi connectivity index (χ4n) is 1.31. The van der Waals surface area contributed by atoms with Crippen molar-refractivity contribution in [2.24, 2.45) is 0 Å². The van der Waals surface area contributed by atoms with Gasteiger partial charge < -0.3 is 14.3 Å². The van der Waals surface area contributed by atoms with Crippen molar-refractivity contribution in [3.8, 4) is 5.88 Å². The van der Waals surface area contributed by atoms with E-state index in [2.05, 4.69) is 21.3 Å².